The fraction of sp³-hybridized carbons (Fsp3) is 0.450. The lowest BCUT2D eigenvalue weighted by atomic mass is 9.74. The molecule has 0 unspecified atom stereocenters. The van der Waals surface area contributed by atoms with Crippen molar-refractivity contribution >= 4 is 5.91 Å². The first-order valence-electron chi connectivity index (χ1n) is 8.57. The maximum atomic E-state index is 12.8. The summed E-state index contributed by atoms with van der Waals surface area (Å²) in [6.45, 7) is 7.11. The van der Waals surface area contributed by atoms with E-state index in [2.05, 4.69) is 25.2 Å². The van der Waals surface area contributed by atoms with Crippen LogP contribution in [0.15, 0.2) is 28.7 Å². The monoisotopic (exact) mass is 325 g/mol. The normalized spacial score (nSPS) is 20.9. The second kappa shape index (κ2) is 5.40. The van der Waals surface area contributed by atoms with Gasteiger partial charge in [-0.2, -0.15) is 0 Å². The van der Waals surface area contributed by atoms with Gasteiger partial charge in [0.1, 0.15) is 17.3 Å². The van der Waals surface area contributed by atoms with Gasteiger partial charge in [0.05, 0.1) is 12.6 Å². The van der Waals surface area contributed by atoms with E-state index in [0.717, 1.165) is 47.7 Å². The molecule has 1 amide bonds. The van der Waals surface area contributed by atoms with Gasteiger partial charge >= 0.3 is 0 Å². The largest absolute Gasteiger partial charge is 0.493 e. The summed E-state index contributed by atoms with van der Waals surface area (Å²) >= 11 is 0. The van der Waals surface area contributed by atoms with Gasteiger partial charge in [-0.15, -0.1) is 0 Å². The molecule has 1 aliphatic carbocycles. The Kier molecular flexibility index (Phi) is 3.44. The Balaban J connectivity index is 1.59. The summed E-state index contributed by atoms with van der Waals surface area (Å²) in [5, 5.41) is 3.21. The number of amides is 1. The van der Waals surface area contributed by atoms with Crippen LogP contribution in [0.5, 0.6) is 5.75 Å². The van der Waals surface area contributed by atoms with E-state index in [1.807, 2.05) is 25.1 Å². The second-order valence-electron chi connectivity index (χ2n) is 7.73. The van der Waals surface area contributed by atoms with E-state index in [1.54, 1.807) is 0 Å². The smallest absolute Gasteiger partial charge is 0.251 e. The molecule has 4 nitrogen and oxygen atoms in total. The Morgan fingerprint density at radius 3 is 2.96 bits per heavy atom. The van der Waals surface area contributed by atoms with Gasteiger partial charge in [0.25, 0.3) is 5.91 Å². The van der Waals surface area contributed by atoms with E-state index in [-0.39, 0.29) is 17.4 Å². The van der Waals surface area contributed by atoms with Crippen molar-refractivity contribution in [1.29, 1.82) is 0 Å². The Bertz CT molecular complexity index is 803. The summed E-state index contributed by atoms with van der Waals surface area (Å²) in [4.78, 5) is 12.8. The first-order chi connectivity index (χ1) is 11.4. The zero-order valence-corrected chi connectivity index (χ0v) is 14.4. The average molecular weight is 325 g/mol. The molecule has 24 heavy (non-hydrogen) atoms. The molecule has 2 aliphatic rings. The number of carbonyl (C=O) groups is 1. The van der Waals surface area contributed by atoms with Crippen LogP contribution >= 0.6 is 0 Å². The molecule has 126 valence electrons. The maximum Gasteiger partial charge on any atom is 0.251 e. The minimum Gasteiger partial charge on any atom is -0.493 e. The van der Waals surface area contributed by atoms with Crippen molar-refractivity contribution in [2.24, 2.45) is 5.41 Å². The number of hydrogen-bond acceptors (Lipinski definition) is 3. The van der Waals surface area contributed by atoms with Crippen molar-refractivity contribution in [1.82, 2.24) is 5.32 Å². The molecule has 1 aromatic heterocycles. The molecular formula is C20H23NO3. The number of rotatable bonds is 2. The van der Waals surface area contributed by atoms with Gasteiger partial charge in [0.2, 0.25) is 0 Å². The summed E-state index contributed by atoms with van der Waals surface area (Å²) < 4.78 is 11.4. The van der Waals surface area contributed by atoms with E-state index in [1.165, 1.54) is 0 Å². The van der Waals surface area contributed by atoms with Gasteiger partial charge in [-0.1, -0.05) is 13.8 Å². The lowest BCUT2D eigenvalue weighted by Gasteiger charge is -2.34. The van der Waals surface area contributed by atoms with Crippen LogP contribution in [0.2, 0.25) is 0 Å². The van der Waals surface area contributed by atoms with Crippen LogP contribution in [-0.4, -0.2) is 12.5 Å². The third kappa shape index (κ3) is 2.70. The molecule has 1 aromatic carbocycles. The second-order valence-corrected chi connectivity index (χ2v) is 7.73. The van der Waals surface area contributed by atoms with Crippen molar-refractivity contribution in [2.45, 2.75) is 46.1 Å². The van der Waals surface area contributed by atoms with Gasteiger partial charge < -0.3 is 14.5 Å². The number of benzene rings is 1. The van der Waals surface area contributed by atoms with Crippen LogP contribution in [0.1, 0.15) is 59.3 Å². The number of ether oxygens (including phenoxy) is 1. The standard InChI is InChI=1S/C20H23NO3/c1-12-8-15-16(10-20(2,3)11-18(15)24-12)21-19(22)14-4-5-17-13(9-14)6-7-23-17/h4-5,8-9,16H,6-7,10-11H2,1-3H3,(H,21,22)/t16-/m0/s1. The van der Waals surface area contributed by atoms with Crippen LogP contribution in [0.4, 0.5) is 0 Å². The quantitative estimate of drug-likeness (QED) is 0.909. The van der Waals surface area contributed by atoms with E-state index >= 15 is 0 Å². The molecule has 0 saturated heterocycles. The van der Waals surface area contributed by atoms with Crippen molar-refractivity contribution in [2.75, 3.05) is 6.61 Å². The molecule has 4 heteroatoms. The molecular weight excluding hydrogens is 302 g/mol. The fourth-order valence-corrected chi connectivity index (χ4v) is 3.88. The van der Waals surface area contributed by atoms with Crippen molar-refractivity contribution in [3.63, 3.8) is 0 Å². The average Bonchev–Trinajstić information content (AvgIpc) is 3.10. The van der Waals surface area contributed by atoms with Gasteiger partial charge in [-0.3, -0.25) is 4.79 Å². The SMILES string of the molecule is Cc1cc2c(o1)CC(C)(C)C[C@@H]2NC(=O)c1ccc2c(c1)CCO2. The molecule has 0 bridgehead atoms. The summed E-state index contributed by atoms with van der Waals surface area (Å²) in [7, 11) is 0. The first kappa shape index (κ1) is 15.3. The van der Waals surface area contributed by atoms with E-state index < -0.39 is 0 Å². The molecule has 1 atom stereocenters. The highest BCUT2D eigenvalue weighted by molar-refractivity contribution is 5.95. The van der Waals surface area contributed by atoms with Crippen molar-refractivity contribution < 1.29 is 13.9 Å². The lowest BCUT2D eigenvalue weighted by molar-refractivity contribution is 0.0917. The van der Waals surface area contributed by atoms with Crippen LogP contribution in [0.3, 0.4) is 0 Å². The van der Waals surface area contributed by atoms with Crippen molar-refractivity contribution in [3.8, 4) is 5.75 Å². The van der Waals surface area contributed by atoms with Crippen LogP contribution in [0.25, 0.3) is 0 Å². The summed E-state index contributed by atoms with van der Waals surface area (Å²) in [6, 6.07) is 7.75. The lowest BCUT2D eigenvalue weighted by Crippen LogP contribution is -2.36. The Hall–Kier alpha value is -2.23. The molecule has 0 saturated carbocycles. The van der Waals surface area contributed by atoms with Gasteiger partial charge in [0, 0.05) is 24.0 Å². The summed E-state index contributed by atoms with van der Waals surface area (Å²) in [5.74, 6) is 2.79. The zero-order valence-electron chi connectivity index (χ0n) is 14.4. The summed E-state index contributed by atoms with van der Waals surface area (Å²) in [6.07, 6.45) is 2.70. The Morgan fingerprint density at radius 2 is 2.12 bits per heavy atom. The predicted molar refractivity (Wildman–Crippen MR) is 91.4 cm³/mol. The van der Waals surface area contributed by atoms with E-state index in [9.17, 15) is 4.79 Å². The number of nitrogens with one attached hydrogen (secondary N) is 1. The molecule has 0 spiro atoms. The molecule has 4 rings (SSSR count). The van der Waals surface area contributed by atoms with Crippen molar-refractivity contribution in [3.05, 3.63) is 52.5 Å². The Labute approximate surface area is 142 Å². The third-order valence-electron chi connectivity index (χ3n) is 4.99. The van der Waals surface area contributed by atoms with E-state index in [0.29, 0.717) is 12.2 Å². The van der Waals surface area contributed by atoms with E-state index in [4.69, 9.17) is 9.15 Å². The predicted octanol–water partition coefficient (Wildman–Crippen LogP) is 3.97. The topological polar surface area (TPSA) is 51.5 Å². The highest BCUT2D eigenvalue weighted by Gasteiger charge is 2.35. The number of furan rings is 1. The highest BCUT2D eigenvalue weighted by Crippen LogP contribution is 2.42. The van der Waals surface area contributed by atoms with Crippen LogP contribution in [-0.2, 0) is 12.8 Å². The highest BCUT2D eigenvalue weighted by atomic mass is 16.5. The number of fused-ring (bicyclic) bond motifs is 2. The van der Waals surface area contributed by atoms with Gasteiger partial charge in [-0.25, -0.2) is 0 Å². The first-order valence-corrected chi connectivity index (χ1v) is 8.57. The van der Waals surface area contributed by atoms with Crippen LogP contribution < -0.4 is 10.1 Å². The number of hydrogen-bond donors (Lipinski definition) is 1. The zero-order chi connectivity index (χ0) is 16.9. The third-order valence-corrected chi connectivity index (χ3v) is 4.99. The molecule has 2 aromatic rings. The molecule has 0 fully saturated rings. The molecule has 1 N–H and O–H groups in total. The fourth-order valence-electron chi connectivity index (χ4n) is 3.88. The molecule has 1 aliphatic heterocycles. The molecule has 0 radical (unpaired) electrons. The van der Waals surface area contributed by atoms with Gasteiger partial charge in [0.15, 0.2) is 0 Å². The Morgan fingerprint density at radius 1 is 1.29 bits per heavy atom. The van der Waals surface area contributed by atoms with Crippen LogP contribution in [0, 0.1) is 12.3 Å². The minimum absolute atomic E-state index is 0.00166. The molecule has 2 heterocycles. The maximum absolute atomic E-state index is 12.8. The minimum atomic E-state index is -0.0304. The number of carbonyl (C=O) groups excluding carboxylic acids is 1. The van der Waals surface area contributed by atoms with Gasteiger partial charge in [-0.05, 0) is 48.6 Å². The summed E-state index contributed by atoms with van der Waals surface area (Å²) in [5.41, 5.74) is 3.06. The number of aryl methyl sites for hydroxylation is 1.